The molecule has 0 radical (unpaired) electrons. The number of carbonyl (C=O) groups is 3. The van der Waals surface area contributed by atoms with Gasteiger partial charge in [0, 0.05) is 12.6 Å². The lowest BCUT2D eigenvalue weighted by Crippen LogP contribution is -2.44. The Morgan fingerprint density at radius 2 is 1.43 bits per heavy atom. The molecule has 0 aliphatic heterocycles. The van der Waals surface area contributed by atoms with E-state index in [-0.39, 0.29) is 25.1 Å². The van der Waals surface area contributed by atoms with Crippen LogP contribution in [0.1, 0.15) is 31.9 Å². The van der Waals surface area contributed by atoms with Crippen LogP contribution in [0.15, 0.2) is 60.7 Å². The Morgan fingerprint density at radius 1 is 0.900 bits per heavy atom. The van der Waals surface area contributed by atoms with Crippen molar-refractivity contribution in [3.63, 3.8) is 0 Å². The molecule has 0 aromatic heterocycles. The summed E-state index contributed by atoms with van der Waals surface area (Å²) in [6, 6.07) is 18.0. The highest BCUT2D eigenvalue weighted by molar-refractivity contribution is 5.89. The van der Waals surface area contributed by atoms with Gasteiger partial charge in [0.05, 0.1) is 6.54 Å². The van der Waals surface area contributed by atoms with Crippen molar-refractivity contribution in [2.75, 3.05) is 19.8 Å². The fourth-order valence-corrected chi connectivity index (χ4v) is 3.03. The van der Waals surface area contributed by atoms with E-state index in [2.05, 4.69) is 10.6 Å². The van der Waals surface area contributed by atoms with E-state index in [1.54, 1.807) is 55.5 Å². The van der Waals surface area contributed by atoms with Crippen molar-refractivity contribution in [3.05, 3.63) is 71.8 Å². The lowest BCUT2D eigenvalue weighted by Gasteiger charge is -2.32. The number of nitrogens with one attached hydrogen (secondary N) is 2. The maximum atomic E-state index is 13.2. The van der Waals surface area contributed by atoms with Gasteiger partial charge in [-0.1, -0.05) is 60.7 Å². The molecular weight excluding hydrogens is 384 g/mol. The summed E-state index contributed by atoms with van der Waals surface area (Å²) in [6.07, 6.45) is 0. The first-order chi connectivity index (χ1) is 14.4. The quantitative estimate of drug-likeness (QED) is 0.583. The summed E-state index contributed by atoms with van der Waals surface area (Å²) in [4.78, 5) is 37.0. The molecule has 160 valence electrons. The van der Waals surface area contributed by atoms with Gasteiger partial charge in [-0.2, -0.15) is 0 Å². The second kappa shape index (κ2) is 11.1. The van der Waals surface area contributed by atoms with Gasteiger partial charge in [0.25, 0.3) is 5.91 Å². The number of carbonyl (C=O) groups excluding carboxylic acids is 3. The minimum Gasteiger partial charge on any atom is -0.453 e. The lowest BCUT2D eigenvalue weighted by atomic mass is 9.86. The molecule has 2 N–H and O–H groups in total. The molecule has 0 aliphatic carbocycles. The van der Waals surface area contributed by atoms with Crippen LogP contribution in [0.2, 0.25) is 0 Å². The van der Waals surface area contributed by atoms with Gasteiger partial charge >= 0.3 is 5.97 Å². The van der Waals surface area contributed by atoms with Crippen LogP contribution < -0.4 is 10.6 Å². The van der Waals surface area contributed by atoms with Crippen LogP contribution in [0, 0.1) is 0 Å². The lowest BCUT2D eigenvalue weighted by molar-refractivity contribution is -0.170. The zero-order valence-corrected chi connectivity index (χ0v) is 17.5. The molecule has 0 saturated heterocycles. The second-order valence-corrected chi connectivity index (χ2v) is 6.92. The molecule has 0 bridgehead atoms. The van der Waals surface area contributed by atoms with Crippen LogP contribution in [0.4, 0.5) is 0 Å². The van der Waals surface area contributed by atoms with E-state index in [1.165, 1.54) is 0 Å². The number of hydrogen-bond donors (Lipinski definition) is 2. The second-order valence-electron chi connectivity index (χ2n) is 6.92. The smallest absolute Gasteiger partial charge is 0.348 e. The summed E-state index contributed by atoms with van der Waals surface area (Å²) in [5, 5.41) is 5.10. The Kier molecular flexibility index (Phi) is 8.55. The summed E-state index contributed by atoms with van der Waals surface area (Å²) in [6.45, 7) is 4.96. The van der Waals surface area contributed by atoms with E-state index in [9.17, 15) is 14.4 Å². The maximum Gasteiger partial charge on any atom is 0.348 e. The summed E-state index contributed by atoms with van der Waals surface area (Å²) >= 11 is 0. The standard InChI is InChI=1S/C23H28N2O5/c1-4-30-23(18-11-7-5-8-12-18,19-13-9-6-10-14-19)22(28)29-16-21(27)24-15-20(26)25-17(2)3/h5-14,17H,4,15-16H2,1-3H3,(H,24,27)(H,25,26). The van der Waals surface area contributed by atoms with Crippen molar-refractivity contribution < 1.29 is 23.9 Å². The molecule has 30 heavy (non-hydrogen) atoms. The molecule has 0 spiro atoms. The van der Waals surface area contributed by atoms with Crippen molar-refractivity contribution in [3.8, 4) is 0 Å². The minimum absolute atomic E-state index is 0.0317. The van der Waals surface area contributed by atoms with E-state index in [1.807, 2.05) is 26.0 Å². The van der Waals surface area contributed by atoms with Crippen molar-refractivity contribution >= 4 is 17.8 Å². The monoisotopic (exact) mass is 412 g/mol. The average Bonchev–Trinajstić information content (AvgIpc) is 2.75. The molecule has 2 amide bonds. The molecular formula is C23H28N2O5. The van der Waals surface area contributed by atoms with Crippen LogP contribution in [0.5, 0.6) is 0 Å². The third-order valence-corrected chi connectivity index (χ3v) is 4.24. The first kappa shape index (κ1) is 23.1. The van der Waals surface area contributed by atoms with Gasteiger partial charge in [0.15, 0.2) is 6.61 Å². The Morgan fingerprint density at radius 3 is 1.90 bits per heavy atom. The van der Waals surface area contributed by atoms with Crippen LogP contribution >= 0.6 is 0 Å². The van der Waals surface area contributed by atoms with Crippen LogP contribution in [-0.4, -0.2) is 43.6 Å². The van der Waals surface area contributed by atoms with Gasteiger partial charge in [0.2, 0.25) is 11.5 Å². The number of hydrogen-bond acceptors (Lipinski definition) is 5. The Hall–Kier alpha value is -3.19. The highest BCUT2D eigenvalue weighted by atomic mass is 16.6. The third kappa shape index (κ3) is 5.90. The van der Waals surface area contributed by atoms with Gasteiger partial charge < -0.3 is 20.1 Å². The van der Waals surface area contributed by atoms with E-state index in [0.717, 1.165) is 0 Å². The molecule has 0 aliphatic rings. The summed E-state index contributed by atoms with van der Waals surface area (Å²) in [5.41, 5.74) is -0.313. The molecule has 0 saturated carbocycles. The summed E-state index contributed by atoms with van der Waals surface area (Å²) < 4.78 is 11.3. The molecule has 7 heteroatoms. The molecule has 2 aromatic carbocycles. The van der Waals surface area contributed by atoms with Gasteiger partial charge in [-0.25, -0.2) is 4.79 Å². The number of benzene rings is 2. The predicted molar refractivity (Wildman–Crippen MR) is 113 cm³/mol. The van der Waals surface area contributed by atoms with Crippen molar-refractivity contribution in [2.45, 2.75) is 32.4 Å². The molecule has 2 rings (SSSR count). The molecule has 0 heterocycles. The molecule has 7 nitrogen and oxygen atoms in total. The Bertz CT molecular complexity index is 798. The first-order valence-corrected chi connectivity index (χ1v) is 9.88. The topological polar surface area (TPSA) is 93.7 Å². The van der Waals surface area contributed by atoms with E-state index in [4.69, 9.17) is 9.47 Å². The fraction of sp³-hybridized carbons (Fsp3) is 0.348. The molecule has 2 aromatic rings. The zero-order chi connectivity index (χ0) is 22.0. The van der Waals surface area contributed by atoms with Gasteiger partial charge in [-0.05, 0) is 31.9 Å². The van der Waals surface area contributed by atoms with Crippen molar-refractivity contribution in [1.29, 1.82) is 0 Å². The minimum atomic E-state index is -1.51. The van der Waals surface area contributed by atoms with Crippen molar-refractivity contribution in [1.82, 2.24) is 10.6 Å². The van der Waals surface area contributed by atoms with Gasteiger partial charge in [-0.15, -0.1) is 0 Å². The number of amides is 2. The highest BCUT2D eigenvalue weighted by Gasteiger charge is 2.45. The Labute approximate surface area is 176 Å². The van der Waals surface area contributed by atoms with Gasteiger partial charge in [-0.3, -0.25) is 9.59 Å². The van der Waals surface area contributed by atoms with Crippen LogP contribution in [0.25, 0.3) is 0 Å². The van der Waals surface area contributed by atoms with Gasteiger partial charge in [0.1, 0.15) is 0 Å². The number of rotatable bonds is 10. The van der Waals surface area contributed by atoms with E-state index >= 15 is 0 Å². The normalized spacial score (nSPS) is 11.1. The largest absolute Gasteiger partial charge is 0.453 e. The fourth-order valence-electron chi connectivity index (χ4n) is 3.03. The Balaban J connectivity index is 2.18. The van der Waals surface area contributed by atoms with E-state index < -0.39 is 24.1 Å². The number of esters is 1. The first-order valence-electron chi connectivity index (χ1n) is 9.88. The highest BCUT2D eigenvalue weighted by Crippen LogP contribution is 2.35. The number of ether oxygens (including phenoxy) is 2. The summed E-state index contributed by atoms with van der Waals surface area (Å²) in [5.74, 6) is -1.60. The molecule has 0 fully saturated rings. The SMILES string of the molecule is CCOC(C(=O)OCC(=O)NCC(=O)NC(C)C)(c1ccccc1)c1ccccc1. The third-order valence-electron chi connectivity index (χ3n) is 4.24. The van der Waals surface area contributed by atoms with Crippen LogP contribution in [0.3, 0.4) is 0 Å². The van der Waals surface area contributed by atoms with Crippen molar-refractivity contribution in [2.24, 2.45) is 0 Å². The molecule has 0 unspecified atom stereocenters. The van der Waals surface area contributed by atoms with E-state index in [0.29, 0.717) is 11.1 Å². The summed E-state index contributed by atoms with van der Waals surface area (Å²) in [7, 11) is 0. The average molecular weight is 412 g/mol. The van der Waals surface area contributed by atoms with Crippen LogP contribution in [-0.2, 0) is 29.5 Å². The maximum absolute atomic E-state index is 13.2. The zero-order valence-electron chi connectivity index (χ0n) is 17.5. The molecule has 0 atom stereocenters. The predicted octanol–water partition coefficient (Wildman–Crippen LogP) is 2.15.